The van der Waals surface area contributed by atoms with Crippen LogP contribution in [-0.2, 0) is 32.2 Å². The summed E-state index contributed by atoms with van der Waals surface area (Å²) < 4.78 is 11.0. The van der Waals surface area contributed by atoms with Gasteiger partial charge >= 0.3 is 18.2 Å². The van der Waals surface area contributed by atoms with Crippen molar-refractivity contribution in [2.45, 2.75) is 71.3 Å². The third kappa shape index (κ3) is 5.47. The normalized spacial score (nSPS) is 26.3. The number of hydrogen-bond donors (Lipinski definition) is 2. The van der Waals surface area contributed by atoms with E-state index in [9.17, 15) is 24.3 Å². The van der Waals surface area contributed by atoms with Crippen molar-refractivity contribution in [1.82, 2.24) is 15.1 Å². The van der Waals surface area contributed by atoms with Crippen molar-refractivity contribution in [3.63, 3.8) is 0 Å². The highest BCUT2D eigenvalue weighted by atomic mass is 16.6. The largest absolute Gasteiger partial charge is 0.480 e. The average molecular weight is 500 g/mol. The number of rotatable bonds is 1. The van der Waals surface area contributed by atoms with Gasteiger partial charge in [0.05, 0.1) is 19.7 Å². The molecule has 36 heavy (non-hydrogen) atoms. The van der Waals surface area contributed by atoms with E-state index in [1.165, 1.54) is 4.90 Å². The van der Waals surface area contributed by atoms with Crippen LogP contribution in [0.1, 0.15) is 56.7 Å². The van der Waals surface area contributed by atoms with Crippen LogP contribution < -0.4 is 5.32 Å². The number of carbonyl (C=O) groups excluding carboxylic acids is 3. The number of benzene rings is 1. The highest BCUT2D eigenvalue weighted by molar-refractivity contribution is 5.90. The SMILES string of the molecule is CC(C)(C)[C@@H]1NC(=O)OCCC/C=C\c2cccc3c2CN(C3)C(=O)O[C@@H]2C[C@@H](C(=O)O)N(C2)C1=O. The number of nitrogens with zero attached hydrogens (tertiary/aromatic N) is 2. The van der Waals surface area contributed by atoms with Crippen LogP contribution in [0.4, 0.5) is 9.59 Å². The standard InChI is InChI=1S/C26H33N3O7/c1-26(2,3)21-22(30)29-14-18(12-20(29)23(31)32)36-25(34)28-13-17-10-7-9-16(19(17)15-28)8-5-4-6-11-35-24(33)27-21/h5,7-10,18,20-21H,4,6,11-15H2,1-3H3,(H,27,33)(H,31,32)/b8-5-/t18-,20+,21-/m1/s1. The molecule has 1 fully saturated rings. The summed E-state index contributed by atoms with van der Waals surface area (Å²) in [7, 11) is 0. The second-order valence-corrected chi connectivity index (χ2v) is 10.6. The lowest BCUT2D eigenvalue weighted by Crippen LogP contribution is -2.57. The Hall–Kier alpha value is -3.56. The molecule has 3 atom stereocenters. The molecule has 194 valence electrons. The second-order valence-electron chi connectivity index (χ2n) is 10.6. The number of hydrogen-bond acceptors (Lipinski definition) is 6. The summed E-state index contributed by atoms with van der Waals surface area (Å²) in [6.07, 6.45) is 3.20. The number of amides is 3. The zero-order chi connectivity index (χ0) is 26.0. The van der Waals surface area contributed by atoms with E-state index in [1.807, 2.05) is 30.4 Å². The van der Waals surface area contributed by atoms with Crippen molar-refractivity contribution < 1.29 is 33.8 Å². The summed E-state index contributed by atoms with van der Waals surface area (Å²) in [6.45, 7) is 6.23. The van der Waals surface area contributed by atoms with Gasteiger partial charge in [-0.2, -0.15) is 0 Å². The minimum absolute atomic E-state index is 0.0249. The number of nitrogens with one attached hydrogen (secondary N) is 1. The van der Waals surface area contributed by atoms with E-state index >= 15 is 0 Å². The van der Waals surface area contributed by atoms with Crippen LogP contribution in [0.5, 0.6) is 0 Å². The van der Waals surface area contributed by atoms with Crippen molar-refractivity contribution in [1.29, 1.82) is 0 Å². The first kappa shape index (κ1) is 25.5. The lowest BCUT2D eigenvalue weighted by molar-refractivity contribution is -0.150. The Morgan fingerprint density at radius 1 is 1.17 bits per heavy atom. The quantitative estimate of drug-likeness (QED) is 0.608. The Bertz CT molecular complexity index is 1080. The van der Waals surface area contributed by atoms with E-state index in [0.29, 0.717) is 25.9 Å². The molecule has 3 aliphatic rings. The Labute approximate surface area is 210 Å². The predicted molar refractivity (Wildman–Crippen MR) is 130 cm³/mol. The fourth-order valence-corrected chi connectivity index (χ4v) is 4.86. The maximum atomic E-state index is 13.5. The lowest BCUT2D eigenvalue weighted by atomic mass is 9.85. The molecule has 0 radical (unpaired) electrons. The van der Waals surface area contributed by atoms with Crippen LogP contribution in [0, 0.1) is 5.41 Å². The molecule has 0 aromatic heterocycles. The van der Waals surface area contributed by atoms with E-state index in [0.717, 1.165) is 16.7 Å². The number of alkyl carbamates (subject to hydrolysis) is 1. The average Bonchev–Trinajstić information content (AvgIpc) is 3.43. The molecule has 4 rings (SSSR count). The first-order valence-electron chi connectivity index (χ1n) is 12.2. The van der Waals surface area contributed by atoms with E-state index in [1.54, 1.807) is 25.7 Å². The molecular formula is C26H33N3O7. The molecule has 1 aromatic carbocycles. The molecule has 4 bridgehead atoms. The summed E-state index contributed by atoms with van der Waals surface area (Å²) >= 11 is 0. The first-order chi connectivity index (χ1) is 17.0. The molecule has 10 heteroatoms. The van der Waals surface area contributed by atoms with Gasteiger partial charge in [-0.3, -0.25) is 9.69 Å². The van der Waals surface area contributed by atoms with Gasteiger partial charge in [-0.25, -0.2) is 14.4 Å². The Morgan fingerprint density at radius 2 is 1.94 bits per heavy atom. The molecule has 1 saturated heterocycles. The second kappa shape index (κ2) is 10.2. The van der Waals surface area contributed by atoms with E-state index < -0.39 is 47.7 Å². The number of aliphatic carboxylic acids is 1. The fraction of sp³-hybridized carbons (Fsp3) is 0.538. The van der Waals surface area contributed by atoms with Gasteiger partial charge in [-0.1, -0.05) is 51.1 Å². The van der Waals surface area contributed by atoms with Crippen LogP contribution >= 0.6 is 0 Å². The summed E-state index contributed by atoms with van der Waals surface area (Å²) in [5.74, 6) is -1.74. The molecule has 3 heterocycles. The van der Waals surface area contributed by atoms with Gasteiger partial charge in [0.1, 0.15) is 18.2 Å². The molecule has 10 nitrogen and oxygen atoms in total. The van der Waals surface area contributed by atoms with E-state index in [-0.39, 0.29) is 19.6 Å². The smallest absolute Gasteiger partial charge is 0.410 e. The van der Waals surface area contributed by atoms with Crippen LogP contribution in [0.2, 0.25) is 0 Å². The Morgan fingerprint density at radius 3 is 2.67 bits per heavy atom. The topological polar surface area (TPSA) is 125 Å². The minimum atomic E-state index is -1.19. The highest BCUT2D eigenvalue weighted by Gasteiger charge is 2.46. The molecule has 0 saturated carbocycles. The van der Waals surface area contributed by atoms with Crippen molar-refractivity contribution in [3.8, 4) is 0 Å². The number of ether oxygens (including phenoxy) is 2. The Kier molecular flexibility index (Phi) is 7.23. The predicted octanol–water partition coefficient (Wildman–Crippen LogP) is 3.14. The fourth-order valence-electron chi connectivity index (χ4n) is 4.86. The van der Waals surface area contributed by atoms with Gasteiger partial charge in [0, 0.05) is 13.0 Å². The van der Waals surface area contributed by atoms with Gasteiger partial charge in [0.25, 0.3) is 0 Å². The van der Waals surface area contributed by atoms with Gasteiger partial charge in [0.15, 0.2) is 0 Å². The molecule has 0 unspecified atom stereocenters. The number of carboxylic acids is 1. The maximum Gasteiger partial charge on any atom is 0.410 e. The van der Waals surface area contributed by atoms with Crippen LogP contribution in [-0.4, -0.2) is 70.3 Å². The molecule has 2 N–H and O–H groups in total. The first-order valence-corrected chi connectivity index (χ1v) is 12.2. The van der Waals surface area contributed by atoms with E-state index in [4.69, 9.17) is 9.47 Å². The molecule has 3 amide bonds. The molecule has 0 aliphatic carbocycles. The number of fused-ring (bicyclic) bond motifs is 3. The lowest BCUT2D eigenvalue weighted by Gasteiger charge is -2.34. The third-order valence-corrected chi connectivity index (χ3v) is 6.80. The van der Waals surface area contributed by atoms with E-state index in [2.05, 4.69) is 5.32 Å². The van der Waals surface area contributed by atoms with Gasteiger partial charge in [0.2, 0.25) is 5.91 Å². The minimum Gasteiger partial charge on any atom is -0.480 e. The molecule has 3 aliphatic heterocycles. The third-order valence-electron chi connectivity index (χ3n) is 6.80. The number of allylic oxidation sites excluding steroid dienone is 1. The van der Waals surface area contributed by atoms with Crippen LogP contribution in [0.3, 0.4) is 0 Å². The Balaban J connectivity index is 1.61. The summed E-state index contributed by atoms with van der Waals surface area (Å²) in [4.78, 5) is 53.8. The van der Waals surface area contributed by atoms with Crippen LogP contribution in [0.15, 0.2) is 24.3 Å². The van der Waals surface area contributed by atoms with Crippen molar-refractivity contribution in [3.05, 3.63) is 41.0 Å². The number of carboxylic acid groups (broad SMARTS) is 1. The molecule has 1 aromatic rings. The summed E-state index contributed by atoms with van der Waals surface area (Å²) in [5.41, 5.74) is 2.37. The highest BCUT2D eigenvalue weighted by Crippen LogP contribution is 2.30. The van der Waals surface area contributed by atoms with Gasteiger partial charge < -0.3 is 24.8 Å². The maximum absolute atomic E-state index is 13.5. The number of cyclic esters (lactones) is 1. The zero-order valence-corrected chi connectivity index (χ0v) is 20.9. The van der Waals surface area contributed by atoms with Crippen LogP contribution in [0.25, 0.3) is 6.08 Å². The monoisotopic (exact) mass is 499 g/mol. The number of carbonyl (C=O) groups is 4. The van der Waals surface area contributed by atoms with Crippen molar-refractivity contribution >= 4 is 30.1 Å². The zero-order valence-electron chi connectivity index (χ0n) is 20.9. The van der Waals surface area contributed by atoms with Crippen molar-refractivity contribution in [2.24, 2.45) is 5.41 Å². The molecule has 0 spiro atoms. The summed E-state index contributed by atoms with van der Waals surface area (Å²) in [6, 6.07) is 3.71. The van der Waals surface area contributed by atoms with Crippen molar-refractivity contribution in [2.75, 3.05) is 13.2 Å². The summed E-state index contributed by atoms with van der Waals surface area (Å²) in [5, 5.41) is 12.4. The van der Waals surface area contributed by atoms with Gasteiger partial charge in [-0.15, -0.1) is 0 Å². The van der Waals surface area contributed by atoms with Gasteiger partial charge in [-0.05, 0) is 34.9 Å². The molecular weight excluding hydrogens is 466 g/mol.